The number of carbonyl (C=O) groups excluding carboxylic acids is 1. The first-order chi connectivity index (χ1) is 14.1. The SMILES string of the molecule is Cn1ncc(C(=O)NC2(CO)C3CC4CC(C3)CC2C4)c1OCC1CCCCC1. The molecule has 0 aromatic carbocycles. The maximum atomic E-state index is 13.3. The molecule has 5 saturated carbocycles. The summed E-state index contributed by atoms with van der Waals surface area (Å²) in [5.41, 5.74) is 0.0333. The van der Waals surface area contributed by atoms with Crippen molar-refractivity contribution in [3.05, 3.63) is 11.8 Å². The van der Waals surface area contributed by atoms with E-state index in [9.17, 15) is 9.90 Å². The Bertz CT molecular complexity index is 725. The predicted octanol–water partition coefficient (Wildman–Crippen LogP) is 3.30. The third-order valence-corrected chi connectivity index (χ3v) is 8.51. The van der Waals surface area contributed by atoms with Crippen molar-refractivity contribution in [2.24, 2.45) is 36.6 Å². The molecular formula is C23H35N3O3. The van der Waals surface area contributed by atoms with Crippen molar-refractivity contribution < 1.29 is 14.6 Å². The largest absolute Gasteiger partial charge is 0.477 e. The van der Waals surface area contributed by atoms with Gasteiger partial charge >= 0.3 is 0 Å². The first kappa shape index (κ1) is 19.4. The van der Waals surface area contributed by atoms with Crippen LogP contribution in [0.15, 0.2) is 6.20 Å². The van der Waals surface area contributed by atoms with Crippen molar-refractivity contribution in [1.29, 1.82) is 0 Å². The maximum Gasteiger partial charge on any atom is 0.258 e. The molecule has 0 atom stereocenters. The molecular weight excluding hydrogens is 366 g/mol. The van der Waals surface area contributed by atoms with Gasteiger partial charge in [0.2, 0.25) is 5.88 Å². The fourth-order valence-corrected chi connectivity index (χ4v) is 7.11. The van der Waals surface area contributed by atoms with E-state index in [-0.39, 0.29) is 12.5 Å². The summed E-state index contributed by atoms with van der Waals surface area (Å²) in [7, 11) is 1.83. The predicted molar refractivity (Wildman–Crippen MR) is 110 cm³/mol. The van der Waals surface area contributed by atoms with Crippen molar-refractivity contribution in [2.45, 2.75) is 69.7 Å². The molecule has 6 nitrogen and oxygen atoms in total. The molecule has 1 heterocycles. The lowest BCUT2D eigenvalue weighted by Crippen LogP contribution is -2.68. The second-order valence-electron chi connectivity index (χ2n) is 10.3. The molecule has 5 fully saturated rings. The van der Waals surface area contributed by atoms with Gasteiger partial charge < -0.3 is 15.2 Å². The molecule has 1 aromatic heterocycles. The number of carbonyl (C=O) groups is 1. The number of hydrogen-bond donors (Lipinski definition) is 2. The zero-order chi connectivity index (χ0) is 20.0. The standard InChI is InChI=1S/C23H35N3O3/c1-26-22(29-13-15-5-3-2-4-6-15)20(12-24-26)21(28)25-23(14-27)18-8-16-7-17(10-18)11-19(23)9-16/h12,15-19,27H,2-11,13-14H2,1H3,(H,25,28). The van der Waals surface area contributed by atoms with Gasteiger partial charge in [-0.3, -0.25) is 4.79 Å². The molecule has 0 aliphatic heterocycles. The third-order valence-electron chi connectivity index (χ3n) is 8.51. The van der Waals surface area contributed by atoms with Crippen LogP contribution >= 0.6 is 0 Å². The molecule has 4 bridgehead atoms. The molecule has 5 aliphatic rings. The van der Waals surface area contributed by atoms with Gasteiger partial charge in [-0.05, 0) is 74.5 Å². The summed E-state index contributed by atoms with van der Waals surface area (Å²) < 4.78 is 7.79. The molecule has 6 heteroatoms. The van der Waals surface area contributed by atoms with Gasteiger partial charge in [-0.1, -0.05) is 19.3 Å². The third kappa shape index (κ3) is 3.37. The highest BCUT2D eigenvalue weighted by Crippen LogP contribution is 2.58. The summed E-state index contributed by atoms with van der Waals surface area (Å²) in [6, 6.07) is 0. The van der Waals surface area contributed by atoms with E-state index >= 15 is 0 Å². The van der Waals surface area contributed by atoms with E-state index in [0.29, 0.717) is 35.8 Å². The van der Waals surface area contributed by atoms with Crippen LogP contribution in [-0.2, 0) is 7.05 Å². The average molecular weight is 402 g/mol. The van der Waals surface area contributed by atoms with E-state index in [4.69, 9.17) is 4.74 Å². The summed E-state index contributed by atoms with van der Waals surface area (Å²) in [5.74, 6) is 3.38. The monoisotopic (exact) mass is 401 g/mol. The molecule has 0 spiro atoms. The maximum absolute atomic E-state index is 13.3. The number of hydrogen-bond acceptors (Lipinski definition) is 4. The highest BCUT2D eigenvalue weighted by molar-refractivity contribution is 5.96. The lowest BCUT2D eigenvalue weighted by Gasteiger charge is -2.60. The van der Waals surface area contributed by atoms with Gasteiger partial charge in [0.15, 0.2) is 0 Å². The number of aliphatic hydroxyl groups is 1. The second kappa shape index (κ2) is 7.60. The van der Waals surface area contributed by atoms with Gasteiger partial charge in [0.1, 0.15) is 5.56 Å². The first-order valence-corrected chi connectivity index (χ1v) is 11.7. The number of nitrogens with zero attached hydrogens (tertiary/aromatic N) is 2. The quantitative estimate of drug-likeness (QED) is 0.767. The topological polar surface area (TPSA) is 76.4 Å². The van der Waals surface area contributed by atoms with Crippen molar-refractivity contribution in [3.63, 3.8) is 0 Å². The average Bonchev–Trinajstić information content (AvgIpc) is 3.10. The molecule has 0 radical (unpaired) electrons. The molecule has 0 unspecified atom stereocenters. The Labute approximate surface area is 173 Å². The second-order valence-corrected chi connectivity index (χ2v) is 10.3. The molecule has 0 saturated heterocycles. The number of nitrogens with one attached hydrogen (secondary N) is 1. The highest BCUT2D eigenvalue weighted by atomic mass is 16.5. The molecule has 5 aliphatic carbocycles. The van der Waals surface area contributed by atoms with Crippen molar-refractivity contribution in [3.8, 4) is 5.88 Å². The van der Waals surface area contributed by atoms with Gasteiger partial charge in [0.25, 0.3) is 5.91 Å². The number of aliphatic hydroxyl groups excluding tert-OH is 1. The Hall–Kier alpha value is -1.56. The zero-order valence-corrected chi connectivity index (χ0v) is 17.6. The van der Waals surface area contributed by atoms with E-state index in [0.717, 1.165) is 37.5 Å². The van der Waals surface area contributed by atoms with Crippen LogP contribution < -0.4 is 10.1 Å². The van der Waals surface area contributed by atoms with Gasteiger partial charge in [0.05, 0.1) is 24.9 Å². The number of aromatic nitrogens is 2. The summed E-state index contributed by atoms with van der Waals surface area (Å²) in [4.78, 5) is 13.3. The smallest absolute Gasteiger partial charge is 0.258 e. The van der Waals surface area contributed by atoms with Crippen LogP contribution in [0.1, 0.15) is 74.6 Å². The van der Waals surface area contributed by atoms with Crippen LogP contribution in [0.2, 0.25) is 0 Å². The van der Waals surface area contributed by atoms with Crippen LogP contribution in [0.25, 0.3) is 0 Å². The van der Waals surface area contributed by atoms with Gasteiger partial charge in [-0.25, -0.2) is 4.68 Å². The molecule has 6 rings (SSSR count). The van der Waals surface area contributed by atoms with E-state index < -0.39 is 5.54 Å². The van der Waals surface area contributed by atoms with E-state index in [1.54, 1.807) is 10.9 Å². The number of rotatable bonds is 6. The Morgan fingerprint density at radius 1 is 1.17 bits per heavy atom. The molecule has 29 heavy (non-hydrogen) atoms. The normalized spacial score (nSPS) is 36.3. The summed E-state index contributed by atoms with van der Waals surface area (Å²) in [6.07, 6.45) is 13.8. The zero-order valence-electron chi connectivity index (χ0n) is 17.6. The van der Waals surface area contributed by atoms with Crippen LogP contribution in [0.5, 0.6) is 5.88 Å². The fourth-order valence-electron chi connectivity index (χ4n) is 7.11. The summed E-state index contributed by atoms with van der Waals surface area (Å²) in [5, 5.41) is 18.0. The van der Waals surface area contributed by atoms with Gasteiger partial charge in [-0.2, -0.15) is 5.10 Å². The van der Waals surface area contributed by atoms with Crippen molar-refractivity contribution in [1.82, 2.24) is 15.1 Å². The minimum Gasteiger partial charge on any atom is -0.477 e. The van der Waals surface area contributed by atoms with Crippen molar-refractivity contribution >= 4 is 5.91 Å². The summed E-state index contributed by atoms with van der Waals surface area (Å²) in [6.45, 7) is 0.686. The minimum absolute atomic E-state index is 0.0338. The Morgan fingerprint density at radius 2 is 1.83 bits per heavy atom. The van der Waals surface area contributed by atoms with Gasteiger partial charge in [0, 0.05) is 7.05 Å². The Balaban J connectivity index is 1.32. The molecule has 2 N–H and O–H groups in total. The minimum atomic E-state index is -0.471. The van der Waals surface area contributed by atoms with E-state index in [2.05, 4.69) is 10.4 Å². The first-order valence-electron chi connectivity index (χ1n) is 11.7. The number of aryl methyl sites for hydroxylation is 1. The molecule has 1 amide bonds. The van der Waals surface area contributed by atoms with Crippen LogP contribution in [-0.4, -0.2) is 39.5 Å². The number of ether oxygens (including phenoxy) is 1. The van der Waals surface area contributed by atoms with Crippen molar-refractivity contribution in [2.75, 3.05) is 13.2 Å². The lowest BCUT2D eigenvalue weighted by atomic mass is 9.48. The van der Waals surface area contributed by atoms with Crippen LogP contribution in [0, 0.1) is 29.6 Å². The number of amides is 1. The Morgan fingerprint density at radius 3 is 2.45 bits per heavy atom. The van der Waals surface area contributed by atoms with Crippen LogP contribution in [0.3, 0.4) is 0 Å². The lowest BCUT2D eigenvalue weighted by molar-refractivity contribution is -0.0903. The molecule has 1 aromatic rings. The van der Waals surface area contributed by atoms with Gasteiger partial charge in [-0.15, -0.1) is 0 Å². The van der Waals surface area contributed by atoms with E-state index in [1.165, 1.54) is 38.5 Å². The van der Waals surface area contributed by atoms with E-state index in [1.807, 2.05) is 7.05 Å². The fraction of sp³-hybridized carbons (Fsp3) is 0.826. The molecule has 160 valence electrons. The highest BCUT2D eigenvalue weighted by Gasteiger charge is 2.57. The Kier molecular flexibility index (Phi) is 5.09. The van der Waals surface area contributed by atoms with Crippen LogP contribution in [0.4, 0.5) is 0 Å². The summed E-state index contributed by atoms with van der Waals surface area (Å²) >= 11 is 0.